The molecule has 5 heterocycles. The first-order valence-electron chi connectivity index (χ1n) is 17.7. The summed E-state index contributed by atoms with van der Waals surface area (Å²) >= 11 is 0. The third kappa shape index (κ3) is 5.65. The van der Waals surface area contributed by atoms with Crippen molar-refractivity contribution < 1.29 is 23.5 Å². The molecule has 0 spiro atoms. The van der Waals surface area contributed by atoms with Crippen LogP contribution in [0.5, 0.6) is 0 Å². The first-order chi connectivity index (χ1) is 22.0. The molecule has 3 aliphatic carbocycles. The molecule has 6 fully saturated rings. The summed E-state index contributed by atoms with van der Waals surface area (Å²) in [5, 5.41) is 6.53. The number of aryl methyl sites for hydroxylation is 1. The molecular formula is C34H49FN6O4. The highest BCUT2D eigenvalue weighted by Crippen LogP contribution is 2.52. The maximum Gasteiger partial charge on any atom is 0.256 e. The zero-order chi connectivity index (χ0) is 30.5. The van der Waals surface area contributed by atoms with Gasteiger partial charge in [-0.15, -0.1) is 0 Å². The van der Waals surface area contributed by atoms with Crippen molar-refractivity contribution in [1.82, 2.24) is 30.0 Å². The van der Waals surface area contributed by atoms with E-state index in [1.807, 2.05) is 17.0 Å². The van der Waals surface area contributed by atoms with Crippen molar-refractivity contribution in [2.75, 3.05) is 32.7 Å². The second kappa shape index (κ2) is 12.7. The van der Waals surface area contributed by atoms with Crippen LogP contribution in [0.3, 0.4) is 0 Å². The van der Waals surface area contributed by atoms with Gasteiger partial charge in [-0.05, 0) is 76.3 Å². The summed E-state index contributed by atoms with van der Waals surface area (Å²) in [5.74, 6) is -0.171. The van der Waals surface area contributed by atoms with Crippen LogP contribution < -0.4 is 10.6 Å². The molecule has 11 heteroatoms. The molecule has 246 valence electrons. The number of Topliss-reactive ketones (excluding diaryl/α,β-unsaturated/α-hetero) is 1. The number of carbonyl (C=O) groups excluding carboxylic acids is 2. The molecule has 0 aromatic carbocycles. The van der Waals surface area contributed by atoms with Crippen LogP contribution in [0.25, 0.3) is 0 Å². The molecule has 45 heavy (non-hydrogen) atoms. The van der Waals surface area contributed by atoms with Crippen molar-refractivity contribution >= 4 is 11.7 Å². The van der Waals surface area contributed by atoms with Gasteiger partial charge in [0.25, 0.3) is 5.91 Å². The van der Waals surface area contributed by atoms with Crippen LogP contribution in [-0.2, 0) is 25.6 Å². The molecule has 8 rings (SSSR count). The van der Waals surface area contributed by atoms with Gasteiger partial charge in [-0.2, -0.15) is 0 Å². The van der Waals surface area contributed by atoms with Gasteiger partial charge in [-0.25, -0.2) is 9.37 Å². The summed E-state index contributed by atoms with van der Waals surface area (Å²) in [4.78, 5) is 36.3. The lowest BCUT2D eigenvalue weighted by Crippen LogP contribution is -2.73. The first-order valence-corrected chi connectivity index (χ1v) is 17.7. The molecule has 7 aliphatic rings. The Morgan fingerprint density at radius 1 is 0.978 bits per heavy atom. The Labute approximate surface area is 265 Å². The predicted molar refractivity (Wildman–Crippen MR) is 165 cm³/mol. The van der Waals surface area contributed by atoms with Crippen molar-refractivity contribution in [2.45, 2.75) is 119 Å². The lowest BCUT2D eigenvalue weighted by Gasteiger charge is -2.60. The van der Waals surface area contributed by atoms with Crippen LogP contribution in [0, 0.1) is 17.8 Å². The van der Waals surface area contributed by atoms with Crippen molar-refractivity contribution in [3.8, 4) is 0 Å². The van der Waals surface area contributed by atoms with Crippen LogP contribution >= 0.6 is 0 Å². The number of nitrogens with one attached hydrogen (secondary N) is 2. The number of hydrogen-bond donors (Lipinski definition) is 2. The van der Waals surface area contributed by atoms with Crippen LogP contribution in [0.4, 0.5) is 4.39 Å². The number of ether oxygens (including phenoxy) is 2. The molecule has 11 atom stereocenters. The average Bonchev–Trinajstić information content (AvgIpc) is 3.83. The summed E-state index contributed by atoms with van der Waals surface area (Å²) < 4.78 is 31.8. The van der Waals surface area contributed by atoms with Crippen LogP contribution in [0.2, 0.25) is 0 Å². The molecule has 10 nitrogen and oxygen atoms in total. The van der Waals surface area contributed by atoms with Gasteiger partial charge in [0.2, 0.25) is 0 Å². The highest BCUT2D eigenvalue weighted by atomic mass is 19.1. The minimum absolute atomic E-state index is 0.00806. The summed E-state index contributed by atoms with van der Waals surface area (Å²) in [6.45, 7) is 4.99. The lowest BCUT2D eigenvalue weighted by atomic mass is 9.67. The largest absolute Gasteiger partial charge is 0.374 e. The fourth-order valence-corrected chi connectivity index (χ4v) is 10.0. The Morgan fingerprint density at radius 3 is 2.69 bits per heavy atom. The van der Waals surface area contributed by atoms with Crippen LogP contribution in [-0.4, -0.2) is 112 Å². The minimum atomic E-state index is -1.22. The van der Waals surface area contributed by atoms with Gasteiger partial charge < -0.3 is 34.5 Å². The third-order valence-corrected chi connectivity index (χ3v) is 12.1. The van der Waals surface area contributed by atoms with E-state index < -0.39 is 24.2 Å². The molecule has 11 unspecified atom stereocenters. The van der Waals surface area contributed by atoms with Crippen molar-refractivity contribution in [3.63, 3.8) is 0 Å². The quantitative estimate of drug-likeness (QED) is 0.320. The number of imidazole rings is 1. The molecule has 1 amide bonds. The SMILES string of the molecule is O=C(NCCCn1ccnc1)C1=CN2C3CC4OC5CCCCC5C4CC3OC3C(NCCN4CCCC4)C(F)CC(C1=O)C32. The Balaban J connectivity index is 1.04. The number of carbonyl (C=O) groups is 2. The number of fused-ring (bicyclic) bond motifs is 5. The minimum Gasteiger partial charge on any atom is -0.374 e. The first kappa shape index (κ1) is 30.0. The number of alkyl halides is 1. The van der Waals surface area contributed by atoms with E-state index in [-0.39, 0.29) is 48.0 Å². The Bertz CT molecular complexity index is 1260. The van der Waals surface area contributed by atoms with Gasteiger partial charge in [0.05, 0.1) is 54.4 Å². The monoisotopic (exact) mass is 624 g/mol. The Kier molecular flexibility index (Phi) is 8.47. The van der Waals surface area contributed by atoms with E-state index in [9.17, 15) is 9.59 Å². The van der Waals surface area contributed by atoms with Gasteiger partial charge in [0.1, 0.15) is 6.17 Å². The number of nitrogens with zero attached hydrogens (tertiary/aromatic N) is 4. The molecule has 1 aromatic heterocycles. The molecule has 0 bridgehead atoms. The number of rotatable bonds is 9. The predicted octanol–water partition coefficient (Wildman–Crippen LogP) is 2.44. The normalized spacial score (nSPS) is 40.7. The van der Waals surface area contributed by atoms with Crippen molar-refractivity contribution in [1.29, 1.82) is 0 Å². The highest BCUT2D eigenvalue weighted by Gasteiger charge is 2.61. The van der Waals surface area contributed by atoms with Gasteiger partial charge in [-0.3, -0.25) is 9.59 Å². The standard InChI is InChI=1S/C34H49FN6O4/c35-25-16-23-31-33(30(25)37-10-15-39-11-3-4-12-39)45-29-17-22-21-6-1-2-7-27(21)44-28(22)18-26(29)41(31)19-24(32(23)42)34(43)38-8-5-13-40-14-9-36-20-40/h9,14,19-23,25-31,33,37H,1-8,10-13,15-18H2,(H,38,43). The Hall–Kier alpha value is -2.34. The summed E-state index contributed by atoms with van der Waals surface area (Å²) in [5.41, 5.74) is 0.161. The van der Waals surface area contributed by atoms with Gasteiger partial charge in [0, 0.05) is 50.7 Å². The van der Waals surface area contributed by atoms with E-state index >= 15 is 4.39 Å². The Morgan fingerprint density at radius 2 is 1.84 bits per heavy atom. The number of hydrogen-bond acceptors (Lipinski definition) is 8. The topological polar surface area (TPSA) is 101 Å². The third-order valence-electron chi connectivity index (χ3n) is 12.1. The van der Waals surface area contributed by atoms with E-state index in [2.05, 4.69) is 25.4 Å². The number of likely N-dealkylation sites (tertiary alicyclic amines) is 1. The average molecular weight is 625 g/mol. The number of ketones is 1. The van der Waals surface area contributed by atoms with Gasteiger partial charge in [-0.1, -0.05) is 12.8 Å². The van der Waals surface area contributed by atoms with Gasteiger partial charge in [0.15, 0.2) is 5.78 Å². The van der Waals surface area contributed by atoms with E-state index in [4.69, 9.17) is 9.47 Å². The second-order valence-corrected chi connectivity index (χ2v) is 14.6. The molecule has 3 saturated carbocycles. The second-order valence-electron chi connectivity index (χ2n) is 14.6. The maximum absolute atomic E-state index is 16.2. The van der Waals surface area contributed by atoms with Gasteiger partial charge >= 0.3 is 0 Å². The van der Waals surface area contributed by atoms with E-state index in [1.165, 1.54) is 32.1 Å². The highest BCUT2D eigenvalue weighted by molar-refractivity contribution is 6.20. The fraction of sp³-hybridized carbons (Fsp3) is 0.794. The summed E-state index contributed by atoms with van der Waals surface area (Å²) in [7, 11) is 0. The van der Waals surface area contributed by atoms with Crippen molar-refractivity contribution in [2.24, 2.45) is 17.8 Å². The smallest absolute Gasteiger partial charge is 0.256 e. The molecule has 4 aliphatic heterocycles. The zero-order valence-corrected chi connectivity index (χ0v) is 26.3. The molecular weight excluding hydrogens is 575 g/mol. The zero-order valence-electron chi connectivity index (χ0n) is 26.3. The number of aromatic nitrogens is 2. The van der Waals surface area contributed by atoms with E-state index in [0.29, 0.717) is 31.0 Å². The molecule has 0 radical (unpaired) electrons. The molecule has 3 saturated heterocycles. The number of amides is 1. The molecule has 1 aromatic rings. The number of halogens is 1. The molecule has 2 N–H and O–H groups in total. The fourth-order valence-electron chi connectivity index (χ4n) is 10.0. The number of morpholine rings is 1. The van der Waals surface area contributed by atoms with Crippen LogP contribution in [0.1, 0.15) is 64.2 Å². The lowest BCUT2D eigenvalue weighted by molar-refractivity contribution is -0.209. The summed E-state index contributed by atoms with van der Waals surface area (Å²) in [6, 6.07) is -0.751. The van der Waals surface area contributed by atoms with E-state index in [1.54, 1.807) is 12.5 Å². The van der Waals surface area contributed by atoms with Crippen LogP contribution in [0.15, 0.2) is 30.5 Å². The summed E-state index contributed by atoms with van der Waals surface area (Å²) in [6.07, 6.45) is 15.8. The van der Waals surface area contributed by atoms with E-state index in [0.717, 1.165) is 51.9 Å². The van der Waals surface area contributed by atoms with Crippen molar-refractivity contribution in [3.05, 3.63) is 30.5 Å². The maximum atomic E-state index is 16.2.